The van der Waals surface area contributed by atoms with Gasteiger partial charge in [0.05, 0.1) is 5.69 Å². The molecule has 0 bridgehead atoms. The lowest BCUT2D eigenvalue weighted by molar-refractivity contribution is 0.590. The Labute approximate surface area is 345 Å². The standard InChI is InChI=1S/C53H54BN3O/c1-35-48-49(58-50(35)55(39-18-13-11-14-19-39)40-20-15-12-16-21-40)54-43-34-38(53(8,9)10)28-33-44(43)56(41-29-24-36(25-30-41)51(2,3)4)45-22-17-23-46(47(45)54)57(48)42-31-26-37(27-32-42)52(5,6)7/h11-34H,1-10H3. The fourth-order valence-corrected chi connectivity index (χ4v) is 8.87. The van der Waals surface area contributed by atoms with Crippen molar-refractivity contribution in [3.63, 3.8) is 0 Å². The van der Waals surface area contributed by atoms with Gasteiger partial charge < -0.3 is 14.2 Å². The molecule has 58 heavy (non-hydrogen) atoms. The summed E-state index contributed by atoms with van der Waals surface area (Å²) >= 11 is 0. The smallest absolute Gasteiger partial charge is 0.297 e. The van der Waals surface area contributed by atoms with Gasteiger partial charge in [0.15, 0.2) is 0 Å². The summed E-state index contributed by atoms with van der Waals surface area (Å²) < 4.78 is 7.53. The van der Waals surface area contributed by atoms with E-state index < -0.39 is 0 Å². The van der Waals surface area contributed by atoms with Crippen molar-refractivity contribution in [1.29, 1.82) is 0 Å². The molecule has 1 aromatic heterocycles. The average Bonchev–Trinajstić information content (AvgIpc) is 3.53. The Morgan fingerprint density at radius 1 is 0.483 bits per heavy atom. The van der Waals surface area contributed by atoms with E-state index in [1.54, 1.807) is 0 Å². The van der Waals surface area contributed by atoms with Gasteiger partial charge in [-0.15, -0.1) is 0 Å². The highest BCUT2D eigenvalue weighted by molar-refractivity contribution is 6.99. The maximum atomic E-state index is 7.53. The first-order valence-electron chi connectivity index (χ1n) is 20.7. The quantitative estimate of drug-likeness (QED) is 0.163. The van der Waals surface area contributed by atoms with Gasteiger partial charge in [-0.1, -0.05) is 141 Å². The van der Waals surface area contributed by atoms with Crippen LogP contribution < -0.4 is 31.3 Å². The number of para-hydroxylation sites is 2. The second-order valence-electron chi connectivity index (χ2n) is 19.2. The molecule has 6 aromatic carbocycles. The summed E-state index contributed by atoms with van der Waals surface area (Å²) in [6.07, 6.45) is 0. The van der Waals surface area contributed by atoms with Crippen LogP contribution in [0, 0.1) is 6.92 Å². The number of nitrogens with zero attached hydrogens (tertiary/aromatic N) is 3. The van der Waals surface area contributed by atoms with Crippen molar-refractivity contribution in [2.24, 2.45) is 0 Å². The Balaban J connectivity index is 1.35. The fraction of sp³-hybridized carbons (Fsp3) is 0.245. The van der Waals surface area contributed by atoms with Crippen LogP contribution in [-0.2, 0) is 16.2 Å². The Bertz CT molecular complexity index is 2580. The van der Waals surface area contributed by atoms with E-state index in [0.717, 1.165) is 45.5 Å². The number of anilines is 9. The highest BCUT2D eigenvalue weighted by Crippen LogP contribution is 2.49. The van der Waals surface area contributed by atoms with Crippen LogP contribution in [0.3, 0.4) is 0 Å². The van der Waals surface area contributed by atoms with Crippen molar-refractivity contribution in [3.05, 3.63) is 168 Å². The van der Waals surface area contributed by atoms with Crippen molar-refractivity contribution < 1.29 is 4.42 Å². The first-order valence-corrected chi connectivity index (χ1v) is 20.7. The van der Waals surface area contributed by atoms with Crippen LogP contribution in [0.5, 0.6) is 0 Å². The number of hydrogen-bond donors (Lipinski definition) is 0. The Hall–Kier alpha value is -5.94. The zero-order chi connectivity index (χ0) is 40.7. The molecule has 0 unspecified atom stereocenters. The van der Waals surface area contributed by atoms with Crippen molar-refractivity contribution in [1.82, 2.24) is 0 Å². The molecule has 7 aromatic rings. The molecule has 0 amide bonds. The zero-order valence-electron chi connectivity index (χ0n) is 35.7. The highest BCUT2D eigenvalue weighted by atomic mass is 16.4. The second kappa shape index (κ2) is 13.6. The van der Waals surface area contributed by atoms with Crippen LogP contribution in [0.4, 0.5) is 51.4 Å². The van der Waals surface area contributed by atoms with Crippen LogP contribution >= 0.6 is 0 Å². The molecule has 0 saturated heterocycles. The predicted octanol–water partition coefficient (Wildman–Crippen LogP) is 13.0. The Morgan fingerprint density at radius 3 is 1.45 bits per heavy atom. The van der Waals surface area contributed by atoms with Crippen LogP contribution in [0.25, 0.3) is 0 Å². The SMILES string of the molecule is Cc1c(N(c2ccccc2)c2ccccc2)oc2c1N(c1ccc(C(C)(C)C)cc1)c1cccc3c1B2c1cc(C(C)(C)C)ccc1N3c1ccc(C(C)(C)C)cc1. The summed E-state index contributed by atoms with van der Waals surface area (Å²) in [5.41, 5.74) is 17.5. The van der Waals surface area contributed by atoms with Crippen molar-refractivity contribution in [2.45, 2.75) is 85.5 Å². The molecule has 0 fully saturated rings. The molecular weight excluding hydrogens is 705 g/mol. The van der Waals surface area contributed by atoms with E-state index in [1.807, 2.05) is 0 Å². The minimum atomic E-state index is -0.144. The van der Waals surface area contributed by atoms with Gasteiger partial charge in [-0.2, -0.15) is 0 Å². The number of fused-ring (bicyclic) bond motifs is 4. The summed E-state index contributed by atoms with van der Waals surface area (Å²) in [6, 6.07) is 53.5. The molecule has 0 radical (unpaired) electrons. The molecule has 0 atom stereocenters. The van der Waals surface area contributed by atoms with E-state index in [0.29, 0.717) is 0 Å². The Morgan fingerprint density at radius 2 is 0.948 bits per heavy atom. The maximum Gasteiger partial charge on any atom is 0.297 e. The predicted molar refractivity (Wildman–Crippen MR) is 248 cm³/mol. The minimum absolute atomic E-state index is 0.0324. The summed E-state index contributed by atoms with van der Waals surface area (Å²) in [6.45, 7) is 22.7. The van der Waals surface area contributed by atoms with Crippen LogP contribution in [0.1, 0.15) is 84.6 Å². The van der Waals surface area contributed by atoms with Crippen molar-refractivity contribution in [3.8, 4) is 0 Å². The van der Waals surface area contributed by atoms with Gasteiger partial charge in [0, 0.05) is 45.4 Å². The topological polar surface area (TPSA) is 22.9 Å². The first-order chi connectivity index (χ1) is 27.6. The molecule has 9 rings (SSSR count). The monoisotopic (exact) mass is 759 g/mol. The van der Waals surface area contributed by atoms with Gasteiger partial charge >= 0.3 is 0 Å². The lowest BCUT2D eigenvalue weighted by Gasteiger charge is -2.43. The molecule has 2 aliphatic rings. The Kier molecular flexibility index (Phi) is 8.81. The van der Waals surface area contributed by atoms with E-state index in [9.17, 15) is 0 Å². The number of hydrogen-bond acceptors (Lipinski definition) is 4. The van der Waals surface area contributed by atoms with Crippen LogP contribution in [0.2, 0.25) is 0 Å². The third-order valence-electron chi connectivity index (χ3n) is 12.1. The van der Waals surface area contributed by atoms with Gasteiger partial charge in [0.1, 0.15) is 5.66 Å². The summed E-state index contributed by atoms with van der Waals surface area (Å²) in [4.78, 5) is 7.22. The summed E-state index contributed by atoms with van der Waals surface area (Å²) in [7, 11) is 0. The van der Waals surface area contributed by atoms with Gasteiger partial charge in [0.2, 0.25) is 5.88 Å². The molecule has 0 N–H and O–H groups in total. The normalized spacial score (nSPS) is 13.6. The van der Waals surface area contributed by atoms with Crippen LogP contribution in [0.15, 0.2) is 150 Å². The third kappa shape index (κ3) is 6.23. The fourth-order valence-electron chi connectivity index (χ4n) is 8.87. The molecule has 3 heterocycles. The molecule has 5 heteroatoms. The maximum absolute atomic E-state index is 7.53. The molecule has 0 saturated carbocycles. The van der Waals surface area contributed by atoms with Gasteiger partial charge in [0.25, 0.3) is 6.71 Å². The molecule has 4 nitrogen and oxygen atoms in total. The molecule has 0 spiro atoms. The minimum Gasteiger partial charge on any atom is -0.452 e. The lowest BCUT2D eigenvalue weighted by atomic mass is 9.35. The average molecular weight is 760 g/mol. The third-order valence-corrected chi connectivity index (χ3v) is 12.1. The van der Waals surface area contributed by atoms with Gasteiger partial charge in [-0.25, -0.2) is 0 Å². The van der Waals surface area contributed by atoms with Gasteiger partial charge in [-0.05, 0) is 118 Å². The van der Waals surface area contributed by atoms with E-state index in [-0.39, 0.29) is 23.0 Å². The van der Waals surface area contributed by atoms with E-state index in [1.165, 1.54) is 44.7 Å². The highest BCUT2D eigenvalue weighted by Gasteiger charge is 2.48. The molecule has 0 aliphatic carbocycles. The zero-order valence-corrected chi connectivity index (χ0v) is 35.7. The summed E-state index contributed by atoms with van der Waals surface area (Å²) in [5, 5.41) is 0. The number of furan rings is 1. The second-order valence-corrected chi connectivity index (χ2v) is 19.2. The van der Waals surface area contributed by atoms with E-state index >= 15 is 0 Å². The van der Waals surface area contributed by atoms with Crippen LogP contribution in [-0.4, -0.2) is 6.71 Å². The lowest BCUT2D eigenvalue weighted by Crippen LogP contribution is -2.61. The number of benzene rings is 6. The summed E-state index contributed by atoms with van der Waals surface area (Å²) in [5.74, 6) is 0.821. The number of rotatable bonds is 5. The molecule has 290 valence electrons. The van der Waals surface area contributed by atoms with Crippen molar-refractivity contribution in [2.75, 3.05) is 14.7 Å². The van der Waals surface area contributed by atoms with Gasteiger partial charge in [-0.3, -0.25) is 4.90 Å². The largest absolute Gasteiger partial charge is 0.452 e. The molecule has 2 aliphatic heterocycles. The first kappa shape index (κ1) is 37.6. The van der Waals surface area contributed by atoms with Crippen molar-refractivity contribution >= 4 is 74.7 Å². The van der Waals surface area contributed by atoms with E-state index in [2.05, 4.69) is 230 Å². The molecular formula is C53H54BN3O. The van der Waals surface area contributed by atoms with E-state index in [4.69, 9.17) is 4.42 Å².